The molecule has 250 valence electrons. The fraction of sp³-hybridized carbons (Fsp3) is 0.432. The lowest BCUT2D eigenvalue weighted by Crippen LogP contribution is -2.35. The number of halogens is 1. The molecule has 0 saturated heterocycles. The van der Waals surface area contributed by atoms with Crippen LogP contribution >= 0.6 is 0 Å². The molecular formula is C37H45FN4O4S. The smallest absolute Gasteiger partial charge is 0.264 e. The molecule has 10 heteroatoms. The lowest BCUT2D eigenvalue weighted by molar-refractivity contribution is 0.0981. The van der Waals surface area contributed by atoms with Crippen molar-refractivity contribution in [2.24, 2.45) is 0 Å². The summed E-state index contributed by atoms with van der Waals surface area (Å²) in [5, 5.41) is 0.918. The molecule has 3 aromatic carbocycles. The quantitative estimate of drug-likeness (QED) is 0.214. The van der Waals surface area contributed by atoms with Crippen LogP contribution in [0.4, 0.5) is 4.39 Å². The number of carbonyl (C=O) groups is 1. The molecule has 0 bridgehead atoms. The summed E-state index contributed by atoms with van der Waals surface area (Å²) in [6, 6.07) is 21.7. The van der Waals surface area contributed by atoms with Gasteiger partial charge >= 0.3 is 0 Å². The number of nitrogens with one attached hydrogen (secondary N) is 1. The Labute approximate surface area is 277 Å². The van der Waals surface area contributed by atoms with Gasteiger partial charge in [0.1, 0.15) is 18.5 Å². The number of amides is 1. The van der Waals surface area contributed by atoms with Crippen LogP contribution in [0.15, 0.2) is 66.7 Å². The largest absolute Gasteiger partial charge is 0.489 e. The summed E-state index contributed by atoms with van der Waals surface area (Å²) >= 11 is 0. The van der Waals surface area contributed by atoms with E-state index in [1.807, 2.05) is 42.5 Å². The van der Waals surface area contributed by atoms with Gasteiger partial charge in [0.05, 0.1) is 11.4 Å². The molecule has 4 aromatic rings. The highest BCUT2D eigenvalue weighted by Gasteiger charge is 2.34. The van der Waals surface area contributed by atoms with E-state index in [0.29, 0.717) is 19.6 Å². The van der Waals surface area contributed by atoms with E-state index in [1.54, 1.807) is 12.1 Å². The Morgan fingerprint density at radius 1 is 1.02 bits per heavy atom. The SMILES string of the molecule is CCS(=O)(=O)NC(=O)c1ccc2c([C@@H]3CCCC[C@H]3F)c3n(c2c1)CCN(CCN(C)C)Cc1cc(OCc2ccccc2)ccc1-3. The molecule has 0 radical (unpaired) electrons. The first-order chi connectivity index (χ1) is 22.6. The maximum absolute atomic E-state index is 15.9. The summed E-state index contributed by atoms with van der Waals surface area (Å²) in [5.74, 6) is -0.344. The van der Waals surface area contributed by atoms with Gasteiger partial charge in [-0.1, -0.05) is 49.2 Å². The van der Waals surface area contributed by atoms with E-state index in [4.69, 9.17) is 4.74 Å². The minimum Gasteiger partial charge on any atom is -0.489 e. The van der Waals surface area contributed by atoms with Gasteiger partial charge in [0.2, 0.25) is 10.0 Å². The van der Waals surface area contributed by atoms with Gasteiger partial charge < -0.3 is 14.2 Å². The van der Waals surface area contributed by atoms with E-state index in [9.17, 15) is 13.2 Å². The summed E-state index contributed by atoms with van der Waals surface area (Å²) in [7, 11) is 0.406. The van der Waals surface area contributed by atoms with Crippen LogP contribution in [0.25, 0.3) is 22.2 Å². The number of likely N-dealkylation sites (N-methyl/N-ethyl adjacent to an activating group) is 1. The molecule has 1 aliphatic carbocycles. The predicted octanol–water partition coefficient (Wildman–Crippen LogP) is 6.34. The van der Waals surface area contributed by atoms with Crippen molar-refractivity contribution in [2.45, 2.75) is 64.4 Å². The fourth-order valence-corrected chi connectivity index (χ4v) is 7.50. The number of nitrogens with zero attached hydrogens (tertiary/aromatic N) is 3. The van der Waals surface area contributed by atoms with Crippen molar-refractivity contribution >= 4 is 26.8 Å². The molecule has 1 saturated carbocycles. The van der Waals surface area contributed by atoms with Gasteiger partial charge in [-0.05, 0) is 80.9 Å². The van der Waals surface area contributed by atoms with Crippen LogP contribution in [0.3, 0.4) is 0 Å². The third-order valence-electron chi connectivity index (χ3n) is 9.52. The number of carbonyl (C=O) groups excluding carboxylic acids is 1. The van der Waals surface area contributed by atoms with Crippen molar-refractivity contribution in [3.05, 3.63) is 89.0 Å². The number of aromatic nitrogens is 1. The van der Waals surface area contributed by atoms with E-state index in [-0.39, 0.29) is 17.2 Å². The van der Waals surface area contributed by atoms with Crippen LogP contribution in [0.5, 0.6) is 5.75 Å². The average Bonchev–Trinajstić information content (AvgIpc) is 3.37. The van der Waals surface area contributed by atoms with Gasteiger partial charge in [0, 0.05) is 60.7 Å². The Morgan fingerprint density at radius 3 is 2.55 bits per heavy atom. The molecule has 6 rings (SSSR count). The van der Waals surface area contributed by atoms with Gasteiger partial charge in [0.15, 0.2) is 0 Å². The summed E-state index contributed by atoms with van der Waals surface area (Å²) in [6.07, 6.45) is 2.16. The van der Waals surface area contributed by atoms with E-state index < -0.39 is 22.1 Å². The van der Waals surface area contributed by atoms with Crippen LogP contribution in [-0.2, 0) is 29.7 Å². The zero-order chi connectivity index (χ0) is 33.1. The highest BCUT2D eigenvalue weighted by atomic mass is 32.2. The van der Waals surface area contributed by atoms with Crippen LogP contribution < -0.4 is 9.46 Å². The molecule has 2 aliphatic rings. The lowest BCUT2D eigenvalue weighted by Gasteiger charge is -2.31. The number of rotatable bonds is 10. The first-order valence-electron chi connectivity index (χ1n) is 16.7. The minimum atomic E-state index is -3.73. The van der Waals surface area contributed by atoms with Gasteiger partial charge in [-0.25, -0.2) is 17.5 Å². The first kappa shape index (κ1) is 33.2. The van der Waals surface area contributed by atoms with Crippen molar-refractivity contribution in [2.75, 3.05) is 39.5 Å². The Balaban J connectivity index is 1.50. The number of sulfonamides is 1. The third kappa shape index (κ3) is 7.40. The summed E-state index contributed by atoms with van der Waals surface area (Å²) in [5.41, 5.74) is 6.30. The van der Waals surface area contributed by atoms with Crippen LogP contribution in [-0.4, -0.2) is 74.3 Å². The van der Waals surface area contributed by atoms with Gasteiger partial charge in [-0.2, -0.15) is 0 Å². The van der Waals surface area contributed by atoms with Crippen molar-refractivity contribution in [3.63, 3.8) is 0 Å². The molecule has 1 N–H and O–H groups in total. The van der Waals surface area contributed by atoms with Crippen molar-refractivity contribution in [1.82, 2.24) is 19.1 Å². The van der Waals surface area contributed by atoms with Gasteiger partial charge in [-0.3, -0.25) is 9.69 Å². The molecule has 2 heterocycles. The molecule has 1 amide bonds. The number of hydrogen-bond donors (Lipinski definition) is 1. The second-order valence-electron chi connectivity index (χ2n) is 13.1. The Kier molecular flexibility index (Phi) is 10.0. The monoisotopic (exact) mass is 660 g/mol. The maximum Gasteiger partial charge on any atom is 0.264 e. The number of hydrogen-bond acceptors (Lipinski definition) is 6. The topological polar surface area (TPSA) is 83.9 Å². The predicted molar refractivity (Wildman–Crippen MR) is 185 cm³/mol. The zero-order valence-corrected chi connectivity index (χ0v) is 28.4. The molecule has 47 heavy (non-hydrogen) atoms. The zero-order valence-electron chi connectivity index (χ0n) is 27.5. The Bertz CT molecular complexity index is 1840. The summed E-state index contributed by atoms with van der Waals surface area (Å²) in [6.45, 7) is 5.83. The Hall–Kier alpha value is -3.73. The van der Waals surface area contributed by atoms with Gasteiger partial charge in [-0.15, -0.1) is 0 Å². The number of alkyl halides is 1. The second kappa shape index (κ2) is 14.2. The molecule has 1 aliphatic heterocycles. The molecule has 2 atom stereocenters. The lowest BCUT2D eigenvalue weighted by atomic mass is 9.80. The van der Waals surface area contributed by atoms with E-state index in [0.717, 1.165) is 90.0 Å². The summed E-state index contributed by atoms with van der Waals surface area (Å²) in [4.78, 5) is 17.7. The molecule has 0 spiro atoms. The third-order valence-corrected chi connectivity index (χ3v) is 10.8. The van der Waals surface area contributed by atoms with Crippen molar-refractivity contribution in [1.29, 1.82) is 0 Å². The van der Waals surface area contributed by atoms with E-state index in [1.165, 1.54) is 6.92 Å². The highest BCUT2D eigenvalue weighted by Crippen LogP contribution is 2.47. The fourth-order valence-electron chi connectivity index (χ4n) is 6.95. The van der Waals surface area contributed by atoms with Gasteiger partial charge in [0.25, 0.3) is 5.91 Å². The standard InChI is InChI=1S/C37H45FN4O4S/c1-4-47(44,45)39-37(43)27-14-16-32-34(23-27)42-21-20-41(19-18-40(2)3)24-28-22-29(46-25-26-10-6-5-7-11-26)15-17-30(28)36(42)35(32)31-12-8-9-13-33(31)38/h5-7,10-11,14-17,22-23,31,33H,4,8-9,12-13,18-21,24-25H2,1-3H3,(H,39,43)/t31-,33-/m1/s1. The van der Waals surface area contributed by atoms with Crippen LogP contribution in [0.2, 0.25) is 0 Å². The molecule has 0 unspecified atom stereocenters. The van der Waals surface area contributed by atoms with Crippen molar-refractivity contribution in [3.8, 4) is 17.0 Å². The van der Waals surface area contributed by atoms with E-state index >= 15 is 4.39 Å². The minimum absolute atomic E-state index is 0.193. The maximum atomic E-state index is 15.9. The molecule has 1 aromatic heterocycles. The number of benzene rings is 3. The average molecular weight is 661 g/mol. The van der Waals surface area contributed by atoms with Crippen LogP contribution in [0, 0.1) is 0 Å². The summed E-state index contributed by atoms with van der Waals surface area (Å²) < 4.78 is 51.1. The number of fused-ring (bicyclic) bond motifs is 5. The molecule has 8 nitrogen and oxygen atoms in total. The highest BCUT2D eigenvalue weighted by molar-refractivity contribution is 7.90. The van der Waals surface area contributed by atoms with Crippen molar-refractivity contribution < 1.29 is 22.3 Å². The number of ether oxygens (including phenoxy) is 1. The Morgan fingerprint density at radius 2 is 1.81 bits per heavy atom. The van der Waals surface area contributed by atoms with E-state index in [2.05, 4.69) is 45.3 Å². The molecule has 1 fully saturated rings. The second-order valence-corrected chi connectivity index (χ2v) is 15.1. The van der Waals surface area contributed by atoms with Crippen LogP contribution in [0.1, 0.15) is 65.6 Å². The first-order valence-corrected chi connectivity index (χ1v) is 18.3. The normalized spacial score (nSPS) is 18.7. The molecular weight excluding hydrogens is 615 g/mol.